The van der Waals surface area contributed by atoms with Crippen LogP contribution in [0.15, 0.2) is 36.4 Å². The average Bonchev–Trinajstić information content (AvgIpc) is 2.40. The standard InChI is InChI=1S/C18H21ClO2/c1-12-7-13(2)18(14(3)8-12)10-16(20)11-21-17-6-4-5-15(19)9-17/h4-9,16,20H,10-11H2,1-3H3. The molecule has 0 saturated heterocycles. The number of hydrogen-bond acceptors (Lipinski definition) is 2. The maximum Gasteiger partial charge on any atom is 0.120 e. The highest BCUT2D eigenvalue weighted by Crippen LogP contribution is 2.20. The molecule has 0 aliphatic carbocycles. The number of hydrogen-bond donors (Lipinski definition) is 1. The van der Waals surface area contributed by atoms with E-state index in [1.807, 2.05) is 12.1 Å². The van der Waals surface area contributed by atoms with Gasteiger partial charge in [-0.15, -0.1) is 0 Å². The molecule has 0 aromatic heterocycles. The number of aryl methyl sites for hydroxylation is 3. The van der Waals surface area contributed by atoms with Gasteiger partial charge >= 0.3 is 0 Å². The van der Waals surface area contributed by atoms with Gasteiger partial charge in [0.15, 0.2) is 0 Å². The minimum Gasteiger partial charge on any atom is -0.491 e. The Hall–Kier alpha value is -1.51. The number of aliphatic hydroxyl groups excluding tert-OH is 1. The predicted octanol–water partition coefficient (Wildman–Crippen LogP) is 4.25. The maximum absolute atomic E-state index is 10.2. The summed E-state index contributed by atoms with van der Waals surface area (Å²) in [6.45, 7) is 6.51. The first kappa shape index (κ1) is 15.9. The van der Waals surface area contributed by atoms with Gasteiger partial charge in [0.25, 0.3) is 0 Å². The van der Waals surface area contributed by atoms with Gasteiger partial charge in [0.05, 0.1) is 6.10 Å². The van der Waals surface area contributed by atoms with Crippen LogP contribution in [0.4, 0.5) is 0 Å². The smallest absolute Gasteiger partial charge is 0.120 e. The highest BCUT2D eigenvalue weighted by atomic mass is 35.5. The van der Waals surface area contributed by atoms with Crippen molar-refractivity contribution in [2.24, 2.45) is 0 Å². The van der Waals surface area contributed by atoms with E-state index >= 15 is 0 Å². The Morgan fingerprint density at radius 3 is 2.38 bits per heavy atom. The van der Waals surface area contributed by atoms with E-state index in [1.165, 1.54) is 22.3 Å². The number of halogens is 1. The van der Waals surface area contributed by atoms with E-state index in [2.05, 4.69) is 32.9 Å². The summed E-state index contributed by atoms with van der Waals surface area (Å²) < 4.78 is 5.59. The lowest BCUT2D eigenvalue weighted by Crippen LogP contribution is -2.21. The zero-order chi connectivity index (χ0) is 15.4. The number of aliphatic hydroxyl groups is 1. The molecule has 2 rings (SSSR count). The summed E-state index contributed by atoms with van der Waals surface area (Å²) in [4.78, 5) is 0. The van der Waals surface area contributed by atoms with Crippen molar-refractivity contribution in [3.63, 3.8) is 0 Å². The molecular weight excluding hydrogens is 284 g/mol. The molecule has 0 aliphatic heterocycles. The van der Waals surface area contributed by atoms with Gasteiger partial charge in [-0.05, 0) is 55.7 Å². The van der Waals surface area contributed by atoms with Gasteiger partial charge in [-0.1, -0.05) is 35.4 Å². The summed E-state index contributed by atoms with van der Waals surface area (Å²) in [5.74, 6) is 0.680. The highest BCUT2D eigenvalue weighted by Gasteiger charge is 2.11. The predicted molar refractivity (Wildman–Crippen MR) is 87.3 cm³/mol. The SMILES string of the molecule is Cc1cc(C)c(CC(O)COc2cccc(Cl)c2)c(C)c1. The van der Waals surface area contributed by atoms with Gasteiger partial charge in [0, 0.05) is 11.4 Å². The molecule has 2 aromatic rings. The fraction of sp³-hybridized carbons (Fsp3) is 0.333. The molecule has 21 heavy (non-hydrogen) atoms. The Morgan fingerprint density at radius 1 is 1.10 bits per heavy atom. The van der Waals surface area contributed by atoms with Crippen molar-refractivity contribution < 1.29 is 9.84 Å². The third-order valence-electron chi connectivity index (χ3n) is 3.52. The van der Waals surface area contributed by atoms with E-state index in [0.29, 0.717) is 17.2 Å². The van der Waals surface area contributed by atoms with Crippen LogP contribution in [0.2, 0.25) is 5.02 Å². The third kappa shape index (κ3) is 4.48. The van der Waals surface area contributed by atoms with Crippen molar-refractivity contribution in [2.75, 3.05) is 6.61 Å². The Kier molecular flexibility index (Phi) is 5.27. The first-order valence-electron chi connectivity index (χ1n) is 7.09. The summed E-state index contributed by atoms with van der Waals surface area (Å²) >= 11 is 5.90. The first-order valence-corrected chi connectivity index (χ1v) is 7.46. The van der Waals surface area contributed by atoms with Crippen LogP contribution < -0.4 is 4.74 Å². The van der Waals surface area contributed by atoms with Gasteiger partial charge in [-0.2, -0.15) is 0 Å². The van der Waals surface area contributed by atoms with Gasteiger partial charge in [-0.25, -0.2) is 0 Å². The molecule has 0 aliphatic rings. The van der Waals surface area contributed by atoms with E-state index in [1.54, 1.807) is 12.1 Å². The molecule has 0 heterocycles. The normalized spacial score (nSPS) is 12.2. The Bertz CT molecular complexity index is 599. The van der Waals surface area contributed by atoms with E-state index in [9.17, 15) is 5.11 Å². The fourth-order valence-corrected chi connectivity index (χ4v) is 2.76. The van der Waals surface area contributed by atoms with E-state index in [-0.39, 0.29) is 6.61 Å². The number of rotatable bonds is 5. The van der Waals surface area contributed by atoms with Crippen molar-refractivity contribution in [2.45, 2.75) is 33.3 Å². The van der Waals surface area contributed by atoms with Crippen molar-refractivity contribution in [1.82, 2.24) is 0 Å². The minimum absolute atomic E-state index is 0.257. The second-order valence-corrected chi connectivity index (χ2v) is 5.94. The second kappa shape index (κ2) is 6.97. The van der Waals surface area contributed by atoms with Crippen LogP contribution in [0.1, 0.15) is 22.3 Å². The summed E-state index contributed by atoms with van der Waals surface area (Å²) in [5.41, 5.74) is 4.88. The average molecular weight is 305 g/mol. The molecule has 1 unspecified atom stereocenters. The number of ether oxygens (including phenoxy) is 1. The molecule has 0 bridgehead atoms. The van der Waals surface area contributed by atoms with Crippen molar-refractivity contribution in [3.8, 4) is 5.75 Å². The van der Waals surface area contributed by atoms with Crippen LogP contribution in [0.25, 0.3) is 0 Å². The summed E-state index contributed by atoms with van der Waals surface area (Å²) in [6, 6.07) is 11.5. The first-order chi connectivity index (χ1) is 9.95. The molecule has 2 nitrogen and oxygen atoms in total. The molecule has 3 heteroatoms. The summed E-state index contributed by atoms with van der Waals surface area (Å²) in [5, 5.41) is 10.8. The highest BCUT2D eigenvalue weighted by molar-refractivity contribution is 6.30. The zero-order valence-electron chi connectivity index (χ0n) is 12.7. The largest absolute Gasteiger partial charge is 0.491 e. The molecule has 0 fully saturated rings. The fourth-order valence-electron chi connectivity index (χ4n) is 2.58. The Labute approximate surface area is 131 Å². The number of benzene rings is 2. The van der Waals surface area contributed by atoms with Crippen LogP contribution in [0, 0.1) is 20.8 Å². The van der Waals surface area contributed by atoms with Crippen molar-refractivity contribution >= 4 is 11.6 Å². The van der Waals surface area contributed by atoms with E-state index < -0.39 is 6.10 Å². The monoisotopic (exact) mass is 304 g/mol. The molecule has 1 N–H and O–H groups in total. The van der Waals surface area contributed by atoms with Crippen LogP contribution in [0.5, 0.6) is 5.75 Å². The molecule has 1 atom stereocenters. The lowest BCUT2D eigenvalue weighted by atomic mass is 9.95. The van der Waals surface area contributed by atoms with E-state index in [4.69, 9.17) is 16.3 Å². The second-order valence-electron chi connectivity index (χ2n) is 5.50. The van der Waals surface area contributed by atoms with Crippen LogP contribution in [-0.4, -0.2) is 17.8 Å². The minimum atomic E-state index is -0.538. The van der Waals surface area contributed by atoms with Crippen LogP contribution in [0.3, 0.4) is 0 Å². The van der Waals surface area contributed by atoms with Gasteiger partial charge in [0.2, 0.25) is 0 Å². The molecule has 112 valence electrons. The van der Waals surface area contributed by atoms with Gasteiger partial charge in [-0.3, -0.25) is 0 Å². The molecule has 0 amide bonds. The Balaban J connectivity index is 1.97. The van der Waals surface area contributed by atoms with Gasteiger partial charge < -0.3 is 9.84 Å². The van der Waals surface area contributed by atoms with Crippen LogP contribution >= 0.6 is 11.6 Å². The Morgan fingerprint density at radius 2 is 1.76 bits per heavy atom. The lowest BCUT2D eigenvalue weighted by molar-refractivity contribution is 0.107. The third-order valence-corrected chi connectivity index (χ3v) is 3.75. The summed E-state index contributed by atoms with van der Waals surface area (Å²) in [6.07, 6.45) is 0.0579. The molecule has 0 spiro atoms. The van der Waals surface area contributed by atoms with Gasteiger partial charge in [0.1, 0.15) is 12.4 Å². The maximum atomic E-state index is 10.2. The quantitative estimate of drug-likeness (QED) is 0.895. The molecule has 2 aromatic carbocycles. The topological polar surface area (TPSA) is 29.5 Å². The van der Waals surface area contributed by atoms with E-state index in [0.717, 1.165) is 0 Å². The van der Waals surface area contributed by atoms with Crippen molar-refractivity contribution in [1.29, 1.82) is 0 Å². The molecule has 0 saturated carbocycles. The summed E-state index contributed by atoms with van der Waals surface area (Å²) in [7, 11) is 0. The lowest BCUT2D eigenvalue weighted by Gasteiger charge is -2.16. The molecule has 0 radical (unpaired) electrons. The van der Waals surface area contributed by atoms with Crippen LogP contribution in [-0.2, 0) is 6.42 Å². The zero-order valence-corrected chi connectivity index (χ0v) is 13.4. The molecular formula is C18H21ClO2. The van der Waals surface area contributed by atoms with Crippen molar-refractivity contribution in [3.05, 3.63) is 63.7 Å².